The van der Waals surface area contributed by atoms with E-state index in [1.165, 1.54) is 4.90 Å². The van der Waals surface area contributed by atoms with E-state index in [0.29, 0.717) is 26.1 Å². The van der Waals surface area contributed by atoms with Crippen LogP contribution in [0.1, 0.15) is 32.8 Å². The maximum absolute atomic E-state index is 12.1. The van der Waals surface area contributed by atoms with Crippen LogP contribution < -0.4 is 0 Å². The zero-order chi connectivity index (χ0) is 17.0. The van der Waals surface area contributed by atoms with E-state index in [-0.39, 0.29) is 12.1 Å². The van der Waals surface area contributed by atoms with Gasteiger partial charge in [-0.15, -0.1) is 0 Å². The lowest BCUT2D eigenvalue weighted by molar-refractivity contribution is 0.0278. The topological polar surface area (TPSA) is 70.1 Å². The SMILES string of the molecule is CC(C)(C)OC(=O)N1CC[C@@H](N(Cc2ccccc2)C(=O)O)C1. The van der Waals surface area contributed by atoms with Gasteiger partial charge in [0.05, 0.1) is 6.04 Å². The molecule has 0 aliphatic carbocycles. The van der Waals surface area contributed by atoms with E-state index in [9.17, 15) is 14.7 Å². The lowest BCUT2D eigenvalue weighted by atomic mass is 10.1. The number of ether oxygens (including phenoxy) is 1. The Hall–Kier alpha value is -2.24. The first kappa shape index (κ1) is 17.1. The van der Waals surface area contributed by atoms with Crippen molar-refractivity contribution in [1.29, 1.82) is 0 Å². The molecule has 2 rings (SSSR count). The molecule has 1 fully saturated rings. The smallest absolute Gasteiger partial charge is 0.410 e. The number of rotatable bonds is 3. The maximum atomic E-state index is 12.1. The van der Waals surface area contributed by atoms with Gasteiger partial charge in [-0.05, 0) is 32.8 Å². The zero-order valence-corrected chi connectivity index (χ0v) is 13.9. The summed E-state index contributed by atoms with van der Waals surface area (Å²) in [6.07, 6.45) is -0.729. The summed E-state index contributed by atoms with van der Waals surface area (Å²) < 4.78 is 5.35. The summed E-state index contributed by atoms with van der Waals surface area (Å²) >= 11 is 0. The molecule has 1 heterocycles. The third kappa shape index (κ3) is 4.87. The van der Waals surface area contributed by atoms with Crippen LogP contribution in [0, 0.1) is 0 Å². The molecule has 6 nitrogen and oxygen atoms in total. The molecular formula is C17H24N2O4. The van der Waals surface area contributed by atoms with Crippen molar-refractivity contribution in [2.24, 2.45) is 0 Å². The minimum absolute atomic E-state index is 0.208. The number of amides is 2. The maximum Gasteiger partial charge on any atom is 0.410 e. The van der Waals surface area contributed by atoms with Gasteiger partial charge < -0.3 is 14.7 Å². The van der Waals surface area contributed by atoms with Crippen molar-refractivity contribution < 1.29 is 19.4 Å². The number of nitrogens with zero attached hydrogens (tertiary/aromatic N) is 2. The van der Waals surface area contributed by atoms with Crippen LogP contribution in [0.25, 0.3) is 0 Å². The number of likely N-dealkylation sites (tertiary alicyclic amines) is 1. The molecule has 23 heavy (non-hydrogen) atoms. The second-order valence-corrected chi connectivity index (χ2v) is 6.76. The fourth-order valence-electron chi connectivity index (χ4n) is 2.62. The normalized spacial score (nSPS) is 17.9. The monoisotopic (exact) mass is 320 g/mol. The van der Waals surface area contributed by atoms with Gasteiger partial charge in [-0.2, -0.15) is 0 Å². The van der Waals surface area contributed by atoms with E-state index in [1.54, 1.807) is 4.90 Å². The van der Waals surface area contributed by atoms with Gasteiger partial charge in [-0.25, -0.2) is 9.59 Å². The van der Waals surface area contributed by atoms with Crippen LogP contribution in [-0.4, -0.2) is 51.8 Å². The highest BCUT2D eigenvalue weighted by molar-refractivity contribution is 5.69. The molecule has 1 atom stereocenters. The van der Waals surface area contributed by atoms with Crippen molar-refractivity contribution in [2.75, 3.05) is 13.1 Å². The van der Waals surface area contributed by atoms with Gasteiger partial charge in [0.2, 0.25) is 0 Å². The van der Waals surface area contributed by atoms with Crippen LogP contribution in [0.4, 0.5) is 9.59 Å². The van der Waals surface area contributed by atoms with Crippen LogP contribution in [0.5, 0.6) is 0 Å². The van der Waals surface area contributed by atoms with Crippen molar-refractivity contribution in [3.8, 4) is 0 Å². The lowest BCUT2D eigenvalue weighted by Crippen LogP contribution is -2.42. The van der Waals surface area contributed by atoms with Crippen LogP contribution >= 0.6 is 0 Å². The Morgan fingerprint density at radius 2 is 1.96 bits per heavy atom. The van der Waals surface area contributed by atoms with Crippen molar-refractivity contribution in [2.45, 2.75) is 45.4 Å². The molecule has 0 bridgehead atoms. The number of benzene rings is 1. The highest BCUT2D eigenvalue weighted by atomic mass is 16.6. The predicted octanol–water partition coefficient (Wildman–Crippen LogP) is 3.18. The van der Waals surface area contributed by atoms with Gasteiger partial charge in [0.1, 0.15) is 5.60 Å². The number of hydrogen-bond donors (Lipinski definition) is 1. The van der Waals surface area contributed by atoms with Crippen molar-refractivity contribution >= 4 is 12.2 Å². The van der Waals surface area contributed by atoms with Crippen molar-refractivity contribution in [3.05, 3.63) is 35.9 Å². The van der Waals surface area contributed by atoms with E-state index in [0.717, 1.165) is 5.56 Å². The predicted molar refractivity (Wildman–Crippen MR) is 86.2 cm³/mol. The van der Waals surface area contributed by atoms with E-state index < -0.39 is 11.7 Å². The van der Waals surface area contributed by atoms with Crippen molar-refractivity contribution in [3.63, 3.8) is 0 Å². The Balaban J connectivity index is 1.99. The van der Waals surface area contributed by atoms with Gasteiger partial charge in [-0.3, -0.25) is 4.90 Å². The average Bonchev–Trinajstić information content (AvgIpc) is 2.93. The largest absolute Gasteiger partial charge is 0.465 e. The minimum Gasteiger partial charge on any atom is -0.465 e. The average molecular weight is 320 g/mol. The fraction of sp³-hybridized carbons (Fsp3) is 0.529. The molecule has 6 heteroatoms. The molecular weight excluding hydrogens is 296 g/mol. The van der Waals surface area contributed by atoms with Gasteiger partial charge in [0.15, 0.2) is 0 Å². The number of hydrogen-bond acceptors (Lipinski definition) is 3. The number of carbonyl (C=O) groups excluding carboxylic acids is 1. The zero-order valence-electron chi connectivity index (χ0n) is 13.9. The van der Waals surface area contributed by atoms with Gasteiger partial charge in [-0.1, -0.05) is 30.3 Å². The first-order valence-corrected chi connectivity index (χ1v) is 7.77. The van der Waals surface area contributed by atoms with Crippen LogP contribution in [-0.2, 0) is 11.3 Å². The molecule has 1 N–H and O–H groups in total. The molecule has 1 aliphatic rings. The minimum atomic E-state index is -0.968. The molecule has 1 aromatic rings. The molecule has 0 unspecified atom stereocenters. The van der Waals surface area contributed by atoms with Crippen LogP contribution in [0.2, 0.25) is 0 Å². The summed E-state index contributed by atoms with van der Waals surface area (Å²) in [5.74, 6) is 0. The Labute approximate surface area is 136 Å². The summed E-state index contributed by atoms with van der Waals surface area (Å²) in [5, 5.41) is 9.50. The standard InChI is InChI=1S/C17H24N2O4/c1-17(2,3)23-16(22)18-10-9-14(12-18)19(15(20)21)11-13-7-5-4-6-8-13/h4-8,14H,9-12H2,1-3H3,(H,20,21)/t14-/m1/s1. The van der Waals surface area contributed by atoms with Crippen LogP contribution in [0.3, 0.4) is 0 Å². The second-order valence-electron chi connectivity index (χ2n) is 6.76. The van der Waals surface area contributed by atoms with Crippen LogP contribution in [0.15, 0.2) is 30.3 Å². The molecule has 1 saturated heterocycles. The quantitative estimate of drug-likeness (QED) is 0.928. The summed E-state index contributed by atoms with van der Waals surface area (Å²) in [5.41, 5.74) is 0.386. The number of carboxylic acid groups (broad SMARTS) is 1. The van der Waals surface area contributed by atoms with E-state index in [2.05, 4.69) is 0 Å². The molecule has 1 aliphatic heterocycles. The molecule has 0 radical (unpaired) electrons. The number of carbonyl (C=O) groups is 2. The lowest BCUT2D eigenvalue weighted by Gasteiger charge is -2.27. The summed E-state index contributed by atoms with van der Waals surface area (Å²) in [4.78, 5) is 26.7. The summed E-state index contributed by atoms with van der Waals surface area (Å²) in [6, 6.07) is 9.26. The Bertz CT molecular complexity index is 553. The summed E-state index contributed by atoms with van der Waals surface area (Å²) in [7, 11) is 0. The first-order valence-electron chi connectivity index (χ1n) is 7.77. The molecule has 126 valence electrons. The molecule has 0 saturated carbocycles. The van der Waals surface area contributed by atoms with Gasteiger partial charge in [0, 0.05) is 19.6 Å². The molecule has 0 spiro atoms. The third-order valence-electron chi connectivity index (χ3n) is 3.70. The van der Waals surface area contributed by atoms with Crippen molar-refractivity contribution in [1.82, 2.24) is 9.80 Å². The Morgan fingerprint density at radius 3 is 2.52 bits per heavy atom. The highest BCUT2D eigenvalue weighted by Gasteiger charge is 2.34. The fourth-order valence-corrected chi connectivity index (χ4v) is 2.62. The highest BCUT2D eigenvalue weighted by Crippen LogP contribution is 2.21. The van der Waals surface area contributed by atoms with E-state index in [4.69, 9.17) is 4.74 Å². The van der Waals surface area contributed by atoms with Gasteiger partial charge in [0.25, 0.3) is 0 Å². The molecule has 2 amide bonds. The first-order chi connectivity index (χ1) is 10.8. The van der Waals surface area contributed by atoms with E-state index in [1.807, 2.05) is 51.1 Å². The molecule has 0 aromatic heterocycles. The second kappa shape index (κ2) is 6.89. The third-order valence-corrected chi connectivity index (χ3v) is 3.70. The van der Waals surface area contributed by atoms with Gasteiger partial charge >= 0.3 is 12.2 Å². The summed E-state index contributed by atoms with van der Waals surface area (Å²) in [6.45, 7) is 6.65. The van der Waals surface area contributed by atoms with E-state index >= 15 is 0 Å². The molecule has 1 aromatic carbocycles. The Morgan fingerprint density at radius 1 is 1.30 bits per heavy atom. The Kier molecular flexibility index (Phi) is 5.13.